The van der Waals surface area contributed by atoms with E-state index in [4.69, 9.17) is 0 Å². The van der Waals surface area contributed by atoms with Gasteiger partial charge in [0, 0.05) is 6.54 Å². The summed E-state index contributed by atoms with van der Waals surface area (Å²) in [6.07, 6.45) is 2.45. The van der Waals surface area contributed by atoms with Crippen molar-refractivity contribution >= 4 is 29.0 Å². The molecule has 0 radical (unpaired) electrons. The van der Waals surface area contributed by atoms with Crippen LogP contribution in [0.15, 0.2) is 65.6 Å². The van der Waals surface area contributed by atoms with Gasteiger partial charge in [0.05, 0.1) is 4.91 Å². The molecule has 0 saturated carbocycles. The molecule has 3 nitrogen and oxygen atoms in total. The third-order valence-corrected chi connectivity index (χ3v) is 4.35. The van der Waals surface area contributed by atoms with Crippen LogP contribution in [-0.4, -0.2) is 22.6 Å². The molecule has 0 aromatic heterocycles. The fourth-order valence-corrected chi connectivity index (χ4v) is 3.14. The molecule has 22 heavy (non-hydrogen) atoms. The van der Waals surface area contributed by atoms with Gasteiger partial charge in [-0.25, -0.2) is 0 Å². The van der Waals surface area contributed by atoms with Crippen molar-refractivity contribution in [2.45, 2.75) is 6.42 Å². The summed E-state index contributed by atoms with van der Waals surface area (Å²) in [5.74, 6) is -0.199. The van der Waals surface area contributed by atoms with Gasteiger partial charge in [-0.15, -0.1) is 0 Å². The molecule has 4 heteroatoms. The highest BCUT2D eigenvalue weighted by Gasteiger charge is 2.34. The summed E-state index contributed by atoms with van der Waals surface area (Å²) in [5.41, 5.74) is 2.05. The van der Waals surface area contributed by atoms with Gasteiger partial charge in [-0.1, -0.05) is 60.7 Å². The number of thioether (sulfide) groups is 1. The molecule has 1 aliphatic rings. The lowest BCUT2D eigenvalue weighted by molar-refractivity contribution is -0.122. The van der Waals surface area contributed by atoms with Crippen LogP contribution in [0.2, 0.25) is 0 Å². The first-order valence-electron chi connectivity index (χ1n) is 7.08. The number of rotatable bonds is 4. The Morgan fingerprint density at radius 1 is 0.909 bits per heavy atom. The maximum atomic E-state index is 12.4. The number of carbonyl (C=O) groups excluding carboxylic acids is 2. The lowest BCUT2D eigenvalue weighted by atomic mass is 10.1. The Labute approximate surface area is 133 Å². The highest BCUT2D eigenvalue weighted by atomic mass is 32.2. The highest BCUT2D eigenvalue weighted by Crippen LogP contribution is 2.32. The molecule has 2 aromatic carbocycles. The van der Waals surface area contributed by atoms with Gasteiger partial charge in [0.2, 0.25) is 0 Å². The van der Waals surface area contributed by atoms with E-state index in [0.717, 1.165) is 22.9 Å². The maximum Gasteiger partial charge on any atom is 0.293 e. The van der Waals surface area contributed by atoms with Crippen LogP contribution in [0, 0.1) is 0 Å². The summed E-state index contributed by atoms with van der Waals surface area (Å²) in [6.45, 7) is 0.417. The summed E-state index contributed by atoms with van der Waals surface area (Å²) in [6, 6.07) is 19.4. The van der Waals surface area contributed by atoms with E-state index >= 15 is 0 Å². The molecule has 0 unspecified atom stereocenters. The van der Waals surface area contributed by atoms with Gasteiger partial charge in [0.1, 0.15) is 0 Å². The number of amides is 2. The minimum atomic E-state index is -0.199. The van der Waals surface area contributed by atoms with Crippen molar-refractivity contribution in [3.05, 3.63) is 76.7 Å². The first kappa shape index (κ1) is 14.6. The Morgan fingerprint density at radius 3 is 2.23 bits per heavy atom. The lowest BCUT2D eigenvalue weighted by Crippen LogP contribution is -2.30. The van der Waals surface area contributed by atoms with Crippen molar-refractivity contribution in [1.82, 2.24) is 4.90 Å². The molecule has 0 N–H and O–H groups in total. The number of hydrogen-bond acceptors (Lipinski definition) is 3. The zero-order valence-electron chi connectivity index (χ0n) is 11.9. The van der Waals surface area contributed by atoms with E-state index in [0.29, 0.717) is 17.9 Å². The van der Waals surface area contributed by atoms with Crippen molar-refractivity contribution in [2.75, 3.05) is 6.54 Å². The van der Waals surface area contributed by atoms with Crippen molar-refractivity contribution in [3.8, 4) is 0 Å². The van der Waals surface area contributed by atoms with Crippen LogP contribution >= 0.6 is 11.8 Å². The molecule has 2 aromatic rings. The predicted molar refractivity (Wildman–Crippen MR) is 89.3 cm³/mol. The van der Waals surface area contributed by atoms with Crippen molar-refractivity contribution in [2.24, 2.45) is 0 Å². The van der Waals surface area contributed by atoms with Crippen LogP contribution in [0.5, 0.6) is 0 Å². The van der Waals surface area contributed by atoms with Crippen LogP contribution in [0.3, 0.4) is 0 Å². The minimum Gasteiger partial charge on any atom is -0.268 e. The second-order valence-electron chi connectivity index (χ2n) is 4.98. The molecule has 0 aliphatic carbocycles. The molecule has 1 heterocycles. The van der Waals surface area contributed by atoms with Crippen LogP contribution in [0.25, 0.3) is 6.08 Å². The average molecular weight is 309 g/mol. The number of hydrogen-bond donors (Lipinski definition) is 0. The fourth-order valence-electron chi connectivity index (χ4n) is 2.28. The quantitative estimate of drug-likeness (QED) is 0.802. The molecular formula is C18H15NO2S. The molecule has 1 saturated heterocycles. The van der Waals surface area contributed by atoms with Crippen LogP contribution < -0.4 is 0 Å². The second kappa shape index (κ2) is 6.62. The molecule has 3 rings (SSSR count). The monoisotopic (exact) mass is 309 g/mol. The SMILES string of the molecule is O=C1S/C(=C\c2ccccc2)C(=O)N1CCc1ccccc1. The Hall–Kier alpha value is -2.33. The summed E-state index contributed by atoms with van der Waals surface area (Å²) >= 11 is 1.01. The largest absolute Gasteiger partial charge is 0.293 e. The summed E-state index contributed by atoms with van der Waals surface area (Å²) in [4.78, 5) is 26.2. The van der Waals surface area contributed by atoms with Gasteiger partial charge >= 0.3 is 0 Å². The predicted octanol–water partition coefficient (Wildman–Crippen LogP) is 3.97. The van der Waals surface area contributed by atoms with E-state index in [-0.39, 0.29) is 11.1 Å². The molecular weight excluding hydrogens is 294 g/mol. The van der Waals surface area contributed by atoms with Crippen molar-refractivity contribution in [3.63, 3.8) is 0 Å². The molecule has 1 aliphatic heterocycles. The van der Waals surface area contributed by atoms with E-state index in [2.05, 4.69) is 0 Å². The van der Waals surface area contributed by atoms with Gasteiger partial charge in [-0.05, 0) is 35.4 Å². The molecule has 1 fully saturated rings. The fraction of sp³-hybridized carbons (Fsp3) is 0.111. The second-order valence-corrected chi connectivity index (χ2v) is 5.97. The van der Waals surface area contributed by atoms with Gasteiger partial charge in [0.25, 0.3) is 11.1 Å². The summed E-state index contributed by atoms with van der Waals surface area (Å²) in [5, 5.41) is -0.192. The van der Waals surface area contributed by atoms with Gasteiger partial charge in [0.15, 0.2) is 0 Å². The Morgan fingerprint density at radius 2 is 1.55 bits per heavy atom. The molecule has 2 amide bonds. The lowest BCUT2D eigenvalue weighted by Gasteiger charge is -2.12. The summed E-state index contributed by atoms with van der Waals surface area (Å²) in [7, 11) is 0. The molecule has 0 atom stereocenters. The maximum absolute atomic E-state index is 12.4. The van der Waals surface area contributed by atoms with Crippen LogP contribution in [-0.2, 0) is 11.2 Å². The Balaban J connectivity index is 1.71. The zero-order valence-corrected chi connectivity index (χ0v) is 12.8. The van der Waals surface area contributed by atoms with E-state index in [1.54, 1.807) is 6.08 Å². The zero-order chi connectivity index (χ0) is 15.4. The van der Waals surface area contributed by atoms with Gasteiger partial charge in [-0.3, -0.25) is 14.5 Å². The van der Waals surface area contributed by atoms with Gasteiger partial charge < -0.3 is 0 Å². The number of carbonyl (C=O) groups is 2. The third-order valence-electron chi connectivity index (χ3n) is 3.44. The summed E-state index contributed by atoms with van der Waals surface area (Å²) < 4.78 is 0. The standard InChI is InChI=1S/C18H15NO2S/c20-17-16(13-15-9-5-2-6-10-15)22-18(21)19(17)12-11-14-7-3-1-4-8-14/h1-10,13H,11-12H2/b16-13-. The van der Waals surface area contributed by atoms with Gasteiger partial charge in [-0.2, -0.15) is 0 Å². The minimum absolute atomic E-state index is 0.192. The first-order chi connectivity index (χ1) is 10.7. The van der Waals surface area contributed by atoms with Crippen molar-refractivity contribution in [1.29, 1.82) is 0 Å². The van der Waals surface area contributed by atoms with Crippen molar-refractivity contribution < 1.29 is 9.59 Å². The van der Waals surface area contributed by atoms with E-state index in [1.165, 1.54) is 4.90 Å². The van der Waals surface area contributed by atoms with E-state index in [9.17, 15) is 9.59 Å². The molecule has 110 valence electrons. The Bertz CT molecular complexity index is 710. The normalized spacial score (nSPS) is 16.5. The third kappa shape index (κ3) is 3.28. The first-order valence-corrected chi connectivity index (χ1v) is 7.90. The van der Waals surface area contributed by atoms with E-state index < -0.39 is 0 Å². The molecule has 0 bridgehead atoms. The average Bonchev–Trinajstić information content (AvgIpc) is 2.81. The highest BCUT2D eigenvalue weighted by molar-refractivity contribution is 8.18. The van der Waals surface area contributed by atoms with Crippen LogP contribution in [0.1, 0.15) is 11.1 Å². The number of imide groups is 1. The smallest absolute Gasteiger partial charge is 0.268 e. The topological polar surface area (TPSA) is 37.4 Å². The van der Waals surface area contributed by atoms with Crippen LogP contribution in [0.4, 0.5) is 4.79 Å². The molecule has 0 spiro atoms. The van der Waals surface area contributed by atoms with E-state index in [1.807, 2.05) is 60.7 Å². The Kier molecular flexibility index (Phi) is 4.39. The number of benzene rings is 2. The number of nitrogens with zero attached hydrogens (tertiary/aromatic N) is 1.